The normalized spacial score (nSPS) is 29.6. The summed E-state index contributed by atoms with van der Waals surface area (Å²) in [7, 11) is 0. The Morgan fingerprint density at radius 2 is 1.84 bits per heavy atom. The number of amides is 2. The lowest BCUT2D eigenvalue weighted by atomic mass is 9.88. The molecule has 0 aromatic rings. The molecule has 0 aliphatic carbocycles. The second-order valence-electron chi connectivity index (χ2n) is 6.29. The van der Waals surface area contributed by atoms with Gasteiger partial charge in [0, 0.05) is 6.04 Å². The van der Waals surface area contributed by atoms with Gasteiger partial charge in [0.2, 0.25) is 11.8 Å². The van der Waals surface area contributed by atoms with E-state index >= 15 is 0 Å². The van der Waals surface area contributed by atoms with Crippen LogP contribution < -0.4 is 5.32 Å². The molecule has 1 heterocycles. The molecule has 4 nitrogen and oxygen atoms in total. The molecule has 1 saturated heterocycles. The number of carbonyl (C=O) groups excluding carboxylic acids is 2. The van der Waals surface area contributed by atoms with Crippen LogP contribution in [0.25, 0.3) is 0 Å². The summed E-state index contributed by atoms with van der Waals surface area (Å²) in [5.41, 5.74) is -0.742. The third-order valence-electron chi connectivity index (χ3n) is 4.21. The number of hydrogen-bond donors (Lipinski definition) is 1. The second kappa shape index (κ2) is 5.93. The Hall–Kier alpha value is -1.06. The van der Waals surface area contributed by atoms with Crippen molar-refractivity contribution in [3.63, 3.8) is 0 Å². The van der Waals surface area contributed by atoms with Crippen molar-refractivity contribution >= 4 is 11.8 Å². The fourth-order valence-electron chi connectivity index (χ4n) is 2.57. The number of piperazine rings is 1. The van der Waals surface area contributed by atoms with Crippen molar-refractivity contribution in [3.05, 3.63) is 0 Å². The van der Waals surface area contributed by atoms with E-state index in [1.165, 1.54) is 0 Å². The third kappa shape index (κ3) is 3.10. The van der Waals surface area contributed by atoms with Gasteiger partial charge in [-0.1, -0.05) is 27.7 Å². The highest BCUT2D eigenvalue weighted by molar-refractivity contribution is 5.99. The van der Waals surface area contributed by atoms with Crippen LogP contribution in [0.5, 0.6) is 0 Å². The molecular weight excluding hydrogens is 240 g/mol. The molecule has 4 heteroatoms. The number of carbonyl (C=O) groups is 2. The molecule has 110 valence electrons. The monoisotopic (exact) mass is 268 g/mol. The van der Waals surface area contributed by atoms with E-state index in [0.29, 0.717) is 12.3 Å². The smallest absolute Gasteiger partial charge is 0.248 e. The highest BCUT2D eigenvalue weighted by Gasteiger charge is 2.48. The van der Waals surface area contributed by atoms with Crippen LogP contribution in [0.1, 0.15) is 60.8 Å². The number of nitrogens with one attached hydrogen (secondary N) is 1. The molecule has 19 heavy (non-hydrogen) atoms. The first-order valence-corrected chi connectivity index (χ1v) is 7.41. The minimum absolute atomic E-state index is 0.00190. The minimum Gasteiger partial charge on any atom is -0.340 e. The first-order valence-electron chi connectivity index (χ1n) is 7.41. The van der Waals surface area contributed by atoms with Gasteiger partial charge in [0.15, 0.2) is 0 Å². The van der Waals surface area contributed by atoms with Gasteiger partial charge in [0.1, 0.15) is 11.6 Å². The maximum absolute atomic E-state index is 12.7. The van der Waals surface area contributed by atoms with Gasteiger partial charge < -0.3 is 10.2 Å². The largest absolute Gasteiger partial charge is 0.340 e. The van der Waals surface area contributed by atoms with Crippen LogP contribution in [0.3, 0.4) is 0 Å². The molecule has 1 N–H and O–H groups in total. The first kappa shape index (κ1) is 16.0. The number of rotatable bonds is 5. The summed E-state index contributed by atoms with van der Waals surface area (Å²) < 4.78 is 0. The highest BCUT2D eigenvalue weighted by Crippen LogP contribution is 2.27. The van der Waals surface area contributed by atoms with E-state index in [-0.39, 0.29) is 23.9 Å². The average Bonchev–Trinajstić information content (AvgIpc) is 2.35. The average molecular weight is 268 g/mol. The van der Waals surface area contributed by atoms with Gasteiger partial charge in [-0.05, 0) is 39.0 Å². The van der Waals surface area contributed by atoms with Gasteiger partial charge in [0.25, 0.3) is 0 Å². The molecule has 3 unspecified atom stereocenters. The standard InChI is InChI=1S/C15H28N2O2/c1-7-11(5)17-12(9-10(3)4)13(18)16-15(6,8-2)14(17)19/h10-12H,7-9H2,1-6H3,(H,16,18). The molecular formula is C15H28N2O2. The summed E-state index contributed by atoms with van der Waals surface area (Å²) in [6.45, 7) is 12.0. The van der Waals surface area contributed by atoms with Gasteiger partial charge in [-0.25, -0.2) is 0 Å². The van der Waals surface area contributed by atoms with Crippen LogP contribution in [0.2, 0.25) is 0 Å². The molecule has 0 aromatic carbocycles. The predicted molar refractivity (Wildman–Crippen MR) is 76.7 cm³/mol. The molecule has 0 aromatic heterocycles. The Balaban J connectivity index is 3.11. The Labute approximate surface area is 116 Å². The fourth-order valence-corrected chi connectivity index (χ4v) is 2.57. The topological polar surface area (TPSA) is 49.4 Å². The zero-order valence-electron chi connectivity index (χ0n) is 13.1. The Morgan fingerprint density at radius 1 is 1.26 bits per heavy atom. The highest BCUT2D eigenvalue weighted by atomic mass is 16.2. The van der Waals surface area contributed by atoms with E-state index in [1.54, 1.807) is 0 Å². The maximum Gasteiger partial charge on any atom is 0.248 e. The predicted octanol–water partition coefficient (Wildman–Crippen LogP) is 2.33. The lowest BCUT2D eigenvalue weighted by Gasteiger charge is -2.47. The lowest BCUT2D eigenvalue weighted by Crippen LogP contribution is -2.70. The molecule has 0 radical (unpaired) electrons. The quantitative estimate of drug-likeness (QED) is 0.832. The molecule has 3 atom stereocenters. The Kier molecular flexibility index (Phi) is 4.99. The molecule has 0 saturated carbocycles. The summed E-state index contributed by atoms with van der Waals surface area (Å²) in [5.74, 6) is 0.452. The summed E-state index contributed by atoms with van der Waals surface area (Å²) in [4.78, 5) is 26.9. The van der Waals surface area contributed by atoms with Crippen LogP contribution in [0, 0.1) is 5.92 Å². The lowest BCUT2D eigenvalue weighted by molar-refractivity contribution is -0.157. The van der Waals surface area contributed by atoms with Crippen molar-refractivity contribution in [1.29, 1.82) is 0 Å². The molecule has 0 bridgehead atoms. The number of hydrogen-bond acceptors (Lipinski definition) is 2. The van der Waals surface area contributed by atoms with Crippen molar-refractivity contribution in [1.82, 2.24) is 10.2 Å². The third-order valence-corrected chi connectivity index (χ3v) is 4.21. The summed E-state index contributed by atoms with van der Waals surface area (Å²) in [6.07, 6.45) is 2.22. The molecule has 1 fully saturated rings. The zero-order chi connectivity index (χ0) is 14.8. The van der Waals surface area contributed by atoms with Gasteiger partial charge in [-0.15, -0.1) is 0 Å². The van der Waals surface area contributed by atoms with Crippen molar-refractivity contribution in [2.45, 2.75) is 78.4 Å². The van der Waals surface area contributed by atoms with Crippen LogP contribution >= 0.6 is 0 Å². The van der Waals surface area contributed by atoms with Crippen LogP contribution in [-0.4, -0.2) is 34.3 Å². The summed E-state index contributed by atoms with van der Waals surface area (Å²) in [6, 6.07) is -0.213. The van der Waals surface area contributed by atoms with Crippen LogP contribution in [0.4, 0.5) is 0 Å². The van der Waals surface area contributed by atoms with Crippen molar-refractivity contribution in [2.75, 3.05) is 0 Å². The van der Waals surface area contributed by atoms with E-state index in [9.17, 15) is 9.59 Å². The van der Waals surface area contributed by atoms with E-state index in [2.05, 4.69) is 26.1 Å². The van der Waals surface area contributed by atoms with Gasteiger partial charge in [-0.3, -0.25) is 9.59 Å². The Morgan fingerprint density at radius 3 is 2.26 bits per heavy atom. The Bertz CT molecular complexity index is 354. The second-order valence-corrected chi connectivity index (χ2v) is 6.29. The fraction of sp³-hybridized carbons (Fsp3) is 0.867. The molecule has 1 aliphatic heterocycles. The molecule has 2 amide bonds. The van der Waals surface area contributed by atoms with Crippen LogP contribution in [0.15, 0.2) is 0 Å². The summed E-state index contributed by atoms with van der Waals surface area (Å²) >= 11 is 0. The van der Waals surface area contributed by atoms with E-state index in [4.69, 9.17) is 0 Å². The minimum atomic E-state index is -0.742. The van der Waals surface area contributed by atoms with Gasteiger partial charge >= 0.3 is 0 Å². The van der Waals surface area contributed by atoms with E-state index < -0.39 is 5.54 Å². The number of nitrogens with zero attached hydrogens (tertiary/aromatic N) is 1. The van der Waals surface area contributed by atoms with Gasteiger partial charge in [0.05, 0.1) is 0 Å². The SMILES string of the molecule is CCC(C)N1C(=O)C(C)(CC)NC(=O)C1CC(C)C. The zero-order valence-corrected chi connectivity index (χ0v) is 13.1. The molecule has 1 aliphatic rings. The van der Waals surface area contributed by atoms with E-state index in [1.807, 2.05) is 25.7 Å². The maximum atomic E-state index is 12.7. The van der Waals surface area contributed by atoms with Crippen LogP contribution in [-0.2, 0) is 9.59 Å². The first-order chi connectivity index (χ1) is 8.76. The molecule has 1 rings (SSSR count). The van der Waals surface area contributed by atoms with Gasteiger partial charge in [-0.2, -0.15) is 0 Å². The van der Waals surface area contributed by atoms with Crippen molar-refractivity contribution < 1.29 is 9.59 Å². The van der Waals surface area contributed by atoms with E-state index in [0.717, 1.165) is 12.8 Å². The van der Waals surface area contributed by atoms with Crippen molar-refractivity contribution in [3.8, 4) is 0 Å². The van der Waals surface area contributed by atoms with Crippen molar-refractivity contribution in [2.24, 2.45) is 5.92 Å². The summed E-state index contributed by atoms with van der Waals surface area (Å²) in [5, 5.41) is 2.93. The molecule has 0 spiro atoms.